The van der Waals surface area contributed by atoms with E-state index in [1.54, 1.807) is 48.0 Å². The molecule has 4 rings (SSSR count). The van der Waals surface area contributed by atoms with Gasteiger partial charge in [0, 0.05) is 24.2 Å². The van der Waals surface area contributed by atoms with Crippen LogP contribution in [0.1, 0.15) is 58.0 Å². The summed E-state index contributed by atoms with van der Waals surface area (Å²) in [5.41, 5.74) is 3.08. The lowest BCUT2D eigenvalue weighted by atomic mass is 10.00. The Morgan fingerprint density at radius 1 is 0.926 bits per heavy atom. The summed E-state index contributed by atoms with van der Waals surface area (Å²) < 4.78 is 3.42. The number of nitrogens with zero attached hydrogens (tertiary/aromatic N) is 2. The maximum absolute atomic E-state index is 12.7. The van der Waals surface area contributed by atoms with E-state index < -0.39 is 11.6 Å². The molecular weight excluding hydrogens is 340 g/mol. The normalized spacial score (nSPS) is 14.7. The first kappa shape index (κ1) is 17.5. The predicted octanol–water partition coefficient (Wildman–Crippen LogP) is 3.83. The summed E-state index contributed by atoms with van der Waals surface area (Å²) in [5.74, 6) is -1.08. The van der Waals surface area contributed by atoms with Crippen LogP contribution in [-0.2, 0) is 7.05 Å². The van der Waals surface area contributed by atoms with Crippen molar-refractivity contribution in [2.24, 2.45) is 7.05 Å². The van der Waals surface area contributed by atoms with Crippen molar-refractivity contribution in [2.75, 3.05) is 0 Å². The van der Waals surface area contributed by atoms with Gasteiger partial charge in [0.05, 0.1) is 11.0 Å². The molecule has 0 N–H and O–H groups in total. The molecule has 5 nitrogen and oxygen atoms in total. The number of ketones is 2. The molecule has 0 radical (unpaired) electrons. The van der Waals surface area contributed by atoms with Crippen LogP contribution in [0.4, 0.5) is 0 Å². The number of Topliss-reactive ketones (excluding diaryl/α,β-unsaturated/α-hetero) is 2. The zero-order valence-corrected chi connectivity index (χ0v) is 15.6. The summed E-state index contributed by atoms with van der Waals surface area (Å²) in [7, 11) is 1.72. The van der Waals surface area contributed by atoms with E-state index in [-0.39, 0.29) is 11.7 Å². The van der Waals surface area contributed by atoms with Crippen molar-refractivity contribution in [3.63, 3.8) is 0 Å². The number of benzene rings is 2. The van der Waals surface area contributed by atoms with Gasteiger partial charge in [-0.3, -0.25) is 18.7 Å². The maximum atomic E-state index is 12.7. The standard InChI is InChI=1S/C22H22N2O3/c1-14-6-5-7-15(12-14)20(25)21(26)16-10-11-18-19(13-16)23(2)22(27)24(18)17-8-3-4-9-17/h5-7,10-13,17H,3-4,8-9H2,1-2H3. The van der Waals surface area contributed by atoms with Gasteiger partial charge in [0.25, 0.3) is 0 Å². The zero-order valence-electron chi connectivity index (χ0n) is 15.6. The lowest BCUT2D eigenvalue weighted by Gasteiger charge is -2.11. The summed E-state index contributed by atoms with van der Waals surface area (Å²) >= 11 is 0. The second-order valence-corrected chi connectivity index (χ2v) is 7.38. The highest BCUT2D eigenvalue weighted by Crippen LogP contribution is 2.31. The third kappa shape index (κ3) is 2.93. The molecule has 2 aromatic carbocycles. The molecule has 0 unspecified atom stereocenters. The molecule has 0 atom stereocenters. The van der Waals surface area contributed by atoms with Crippen molar-refractivity contribution in [2.45, 2.75) is 38.6 Å². The van der Waals surface area contributed by atoms with Crippen molar-refractivity contribution in [3.05, 3.63) is 69.6 Å². The predicted molar refractivity (Wildman–Crippen MR) is 105 cm³/mol. The van der Waals surface area contributed by atoms with Gasteiger partial charge in [0.15, 0.2) is 0 Å². The topological polar surface area (TPSA) is 61.1 Å². The molecule has 5 heteroatoms. The highest BCUT2D eigenvalue weighted by Gasteiger charge is 2.24. The van der Waals surface area contributed by atoms with Crippen LogP contribution in [0.25, 0.3) is 11.0 Å². The lowest BCUT2D eigenvalue weighted by molar-refractivity contribution is 0.0817. The van der Waals surface area contributed by atoms with Gasteiger partial charge in [-0.25, -0.2) is 4.79 Å². The monoisotopic (exact) mass is 362 g/mol. The van der Waals surface area contributed by atoms with Crippen molar-refractivity contribution in [1.82, 2.24) is 9.13 Å². The van der Waals surface area contributed by atoms with Crippen LogP contribution in [0.15, 0.2) is 47.3 Å². The lowest BCUT2D eigenvalue weighted by Crippen LogP contribution is -2.24. The van der Waals surface area contributed by atoms with Crippen molar-refractivity contribution < 1.29 is 9.59 Å². The summed E-state index contributed by atoms with van der Waals surface area (Å²) in [6.45, 7) is 1.88. The van der Waals surface area contributed by atoms with Crippen LogP contribution in [0.5, 0.6) is 0 Å². The Kier molecular flexibility index (Phi) is 4.30. The Morgan fingerprint density at radius 3 is 2.26 bits per heavy atom. The molecule has 138 valence electrons. The Bertz CT molecular complexity index is 1110. The Balaban J connectivity index is 1.75. The van der Waals surface area contributed by atoms with Gasteiger partial charge in [0.2, 0.25) is 11.6 Å². The van der Waals surface area contributed by atoms with E-state index in [1.165, 1.54) is 0 Å². The number of aryl methyl sites for hydroxylation is 2. The van der Waals surface area contributed by atoms with E-state index in [1.807, 2.05) is 17.6 Å². The van der Waals surface area contributed by atoms with Crippen LogP contribution >= 0.6 is 0 Å². The smallest absolute Gasteiger partial charge is 0.295 e. The summed E-state index contributed by atoms with van der Waals surface area (Å²) in [5, 5.41) is 0. The second-order valence-electron chi connectivity index (χ2n) is 7.38. The van der Waals surface area contributed by atoms with Gasteiger partial charge < -0.3 is 0 Å². The van der Waals surface area contributed by atoms with E-state index in [0.717, 1.165) is 36.8 Å². The maximum Gasteiger partial charge on any atom is 0.329 e. The average molecular weight is 362 g/mol. The first-order valence-corrected chi connectivity index (χ1v) is 9.34. The molecule has 1 aliphatic rings. The van der Waals surface area contributed by atoms with Crippen molar-refractivity contribution in [1.29, 1.82) is 0 Å². The largest absolute Gasteiger partial charge is 0.329 e. The first-order chi connectivity index (χ1) is 13.0. The Labute approximate surface area is 157 Å². The summed E-state index contributed by atoms with van der Waals surface area (Å²) in [6, 6.07) is 12.4. The highest BCUT2D eigenvalue weighted by atomic mass is 16.2. The van der Waals surface area contributed by atoms with Gasteiger partial charge in [-0.1, -0.05) is 36.6 Å². The zero-order chi connectivity index (χ0) is 19.1. The molecule has 0 saturated heterocycles. The number of carbonyl (C=O) groups excluding carboxylic acids is 2. The number of fused-ring (bicyclic) bond motifs is 1. The van der Waals surface area contributed by atoms with E-state index in [2.05, 4.69) is 0 Å². The Morgan fingerprint density at radius 2 is 1.59 bits per heavy atom. The fraction of sp³-hybridized carbons (Fsp3) is 0.318. The Hall–Kier alpha value is -2.95. The third-order valence-electron chi connectivity index (χ3n) is 5.53. The molecular formula is C22H22N2O3. The van der Waals surface area contributed by atoms with E-state index >= 15 is 0 Å². The number of aromatic nitrogens is 2. The van der Waals surface area contributed by atoms with E-state index in [9.17, 15) is 14.4 Å². The van der Waals surface area contributed by atoms with Gasteiger partial charge in [-0.15, -0.1) is 0 Å². The second kappa shape index (κ2) is 6.65. The molecule has 0 spiro atoms. The van der Waals surface area contributed by atoms with Crippen molar-refractivity contribution >= 4 is 22.6 Å². The van der Waals surface area contributed by atoms with Gasteiger partial charge in [-0.2, -0.15) is 0 Å². The minimum absolute atomic E-state index is 0.0634. The van der Waals surface area contributed by atoms with Crippen LogP contribution < -0.4 is 5.69 Å². The molecule has 1 aliphatic carbocycles. The number of rotatable bonds is 4. The van der Waals surface area contributed by atoms with Crippen LogP contribution in [0.3, 0.4) is 0 Å². The van der Waals surface area contributed by atoms with Crippen LogP contribution in [-0.4, -0.2) is 20.7 Å². The molecule has 3 aromatic rings. The molecule has 0 aliphatic heterocycles. The molecule has 1 aromatic heterocycles. The summed E-state index contributed by atoms with van der Waals surface area (Å²) in [4.78, 5) is 38.0. The van der Waals surface area contributed by atoms with Crippen molar-refractivity contribution in [3.8, 4) is 0 Å². The fourth-order valence-electron chi connectivity index (χ4n) is 4.07. The van der Waals surface area contributed by atoms with Gasteiger partial charge in [-0.05, 0) is 44.0 Å². The van der Waals surface area contributed by atoms with Crippen LogP contribution in [0, 0.1) is 6.92 Å². The van der Waals surface area contributed by atoms with E-state index in [0.29, 0.717) is 16.6 Å². The van der Waals surface area contributed by atoms with Gasteiger partial charge in [0.1, 0.15) is 0 Å². The third-order valence-corrected chi connectivity index (χ3v) is 5.53. The molecule has 1 saturated carbocycles. The average Bonchev–Trinajstić information content (AvgIpc) is 3.28. The number of carbonyl (C=O) groups is 2. The quantitative estimate of drug-likeness (QED) is 0.523. The van der Waals surface area contributed by atoms with Gasteiger partial charge >= 0.3 is 5.69 Å². The molecule has 0 bridgehead atoms. The fourth-order valence-corrected chi connectivity index (χ4v) is 4.07. The first-order valence-electron chi connectivity index (χ1n) is 9.34. The minimum atomic E-state index is -0.552. The number of imidazole rings is 1. The molecule has 0 amide bonds. The molecule has 1 heterocycles. The minimum Gasteiger partial charge on any atom is -0.295 e. The van der Waals surface area contributed by atoms with Crippen LogP contribution in [0.2, 0.25) is 0 Å². The molecule has 27 heavy (non-hydrogen) atoms. The highest BCUT2D eigenvalue weighted by molar-refractivity contribution is 6.49. The van der Waals surface area contributed by atoms with E-state index in [4.69, 9.17) is 0 Å². The molecule has 1 fully saturated rings. The number of hydrogen-bond acceptors (Lipinski definition) is 3. The summed E-state index contributed by atoms with van der Waals surface area (Å²) in [6.07, 6.45) is 4.28. The number of hydrogen-bond donors (Lipinski definition) is 0. The SMILES string of the molecule is Cc1cccc(C(=O)C(=O)c2ccc3c(c2)n(C)c(=O)n3C2CCCC2)c1.